The van der Waals surface area contributed by atoms with Gasteiger partial charge in [0.05, 0.1) is 13.2 Å². The molecule has 1 fully saturated rings. The second kappa shape index (κ2) is 9.13. The van der Waals surface area contributed by atoms with Gasteiger partial charge >= 0.3 is 0 Å². The Bertz CT molecular complexity index is 138. The van der Waals surface area contributed by atoms with E-state index in [-0.39, 0.29) is 0 Å². The minimum Gasteiger partial charge on any atom is -0.380 e. The zero-order valence-corrected chi connectivity index (χ0v) is 9.96. The molecule has 1 aliphatic carbocycles. The second-order valence-corrected chi connectivity index (χ2v) is 4.14. The summed E-state index contributed by atoms with van der Waals surface area (Å²) in [5.74, 6) is 0.968. The van der Waals surface area contributed by atoms with Crippen molar-refractivity contribution in [2.75, 3.05) is 39.5 Å². The van der Waals surface area contributed by atoms with Gasteiger partial charge < -0.3 is 14.8 Å². The molecule has 0 atom stereocenters. The highest BCUT2D eigenvalue weighted by molar-refractivity contribution is 4.68. The first kappa shape index (κ1) is 12.9. The Morgan fingerprint density at radius 1 is 1.07 bits per heavy atom. The van der Waals surface area contributed by atoms with Crippen LogP contribution in [0.15, 0.2) is 0 Å². The lowest BCUT2D eigenvalue weighted by molar-refractivity contribution is 0.104. The Morgan fingerprint density at radius 3 is 2.40 bits per heavy atom. The first-order valence-corrected chi connectivity index (χ1v) is 6.29. The van der Waals surface area contributed by atoms with Crippen LogP contribution in [-0.4, -0.2) is 39.5 Å². The van der Waals surface area contributed by atoms with Gasteiger partial charge in [-0.2, -0.15) is 0 Å². The molecule has 0 aliphatic heterocycles. The summed E-state index contributed by atoms with van der Waals surface area (Å²) in [7, 11) is 0. The molecule has 0 saturated heterocycles. The third-order valence-electron chi connectivity index (χ3n) is 2.95. The molecule has 0 unspecified atom stereocenters. The highest BCUT2D eigenvalue weighted by atomic mass is 16.5. The second-order valence-electron chi connectivity index (χ2n) is 4.14. The average molecular weight is 215 g/mol. The van der Waals surface area contributed by atoms with E-state index in [2.05, 4.69) is 5.32 Å². The largest absolute Gasteiger partial charge is 0.380 e. The van der Waals surface area contributed by atoms with Gasteiger partial charge in [-0.15, -0.1) is 0 Å². The van der Waals surface area contributed by atoms with Gasteiger partial charge in [-0.25, -0.2) is 0 Å². The molecule has 0 heterocycles. The van der Waals surface area contributed by atoms with Crippen LogP contribution in [0.25, 0.3) is 0 Å². The summed E-state index contributed by atoms with van der Waals surface area (Å²) in [6, 6.07) is 0. The van der Waals surface area contributed by atoms with Crippen molar-refractivity contribution < 1.29 is 9.47 Å². The van der Waals surface area contributed by atoms with E-state index < -0.39 is 0 Å². The molecule has 0 bridgehead atoms. The highest BCUT2D eigenvalue weighted by Crippen LogP contribution is 2.28. The number of rotatable bonds is 10. The fourth-order valence-corrected chi connectivity index (χ4v) is 1.69. The van der Waals surface area contributed by atoms with Crippen LogP contribution < -0.4 is 5.32 Å². The van der Waals surface area contributed by atoms with Crippen molar-refractivity contribution >= 4 is 0 Å². The Hall–Kier alpha value is -0.120. The van der Waals surface area contributed by atoms with Gasteiger partial charge in [0.25, 0.3) is 0 Å². The minimum atomic E-state index is 0.804. The molecule has 3 heteroatoms. The van der Waals surface area contributed by atoms with Gasteiger partial charge in [0.15, 0.2) is 0 Å². The molecule has 0 radical (unpaired) electrons. The van der Waals surface area contributed by atoms with E-state index in [4.69, 9.17) is 9.47 Å². The maximum atomic E-state index is 5.54. The molecule has 1 N–H and O–H groups in total. The summed E-state index contributed by atoms with van der Waals surface area (Å²) in [5, 5.41) is 3.29. The molecule has 90 valence electrons. The molecular formula is C12H25NO2. The van der Waals surface area contributed by atoms with Gasteiger partial charge in [-0.05, 0) is 19.3 Å². The minimum absolute atomic E-state index is 0.804. The van der Waals surface area contributed by atoms with Crippen LogP contribution >= 0.6 is 0 Å². The molecular weight excluding hydrogens is 190 g/mol. The smallest absolute Gasteiger partial charge is 0.0590 e. The van der Waals surface area contributed by atoms with Crippen molar-refractivity contribution in [2.45, 2.75) is 32.6 Å². The first-order valence-electron chi connectivity index (χ1n) is 6.29. The van der Waals surface area contributed by atoms with Crippen LogP contribution in [0.3, 0.4) is 0 Å². The van der Waals surface area contributed by atoms with Crippen molar-refractivity contribution in [3.8, 4) is 0 Å². The van der Waals surface area contributed by atoms with Crippen LogP contribution in [0.2, 0.25) is 0 Å². The highest BCUT2D eigenvalue weighted by Gasteiger charge is 2.16. The molecule has 3 nitrogen and oxygen atoms in total. The molecule has 0 amide bonds. The van der Waals surface area contributed by atoms with E-state index in [0.717, 1.165) is 45.4 Å². The molecule has 0 aromatic rings. The van der Waals surface area contributed by atoms with E-state index in [1.165, 1.54) is 25.7 Å². The zero-order valence-electron chi connectivity index (χ0n) is 9.96. The number of ether oxygens (including phenoxy) is 2. The molecule has 1 rings (SSSR count). The lowest BCUT2D eigenvalue weighted by atomic mass is 9.83. The van der Waals surface area contributed by atoms with Gasteiger partial charge in [0, 0.05) is 26.3 Å². The van der Waals surface area contributed by atoms with Crippen molar-refractivity contribution in [1.82, 2.24) is 5.32 Å². The zero-order chi connectivity index (χ0) is 10.8. The van der Waals surface area contributed by atoms with Crippen LogP contribution in [0.1, 0.15) is 32.6 Å². The van der Waals surface area contributed by atoms with Crippen LogP contribution in [-0.2, 0) is 9.47 Å². The van der Waals surface area contributed by atoms with Crippen LogP contribution in [0, 0.1) is 5.92 Å². The summed E-state index contributed by atoms with van der Waals surface area (Å²) in [5.41, 5.74) is 0. The predicted molar refractivity (Wildman–Crippen MR) is 62.1 cm³/mol. The van der Waals surface area contributed by atoms with Gasteiger partial charge in [-0.3, -0.25) is 0 Å². The lowest BCUT2D eigenvalue weighted by Gasteiger charge is -2.24. The SMILES string of the molecule is CCOCCNCCOCCC1CCC1. The van der Waals surface area contributed by atoms with E-state index >= 15 is 0 Å². The normalized spacial score (nSPS) is 16.6. The summed E-state index contributed by atoms with van der Waals surface area (Å²) in [6.07, 6.45) is 5.55. The molecule has 0 aromatic carbocycles. The van der Waals surface area contributed by atoms with Crippen LogP contribution in [0.5, 0.6) is 0 Å². The fraction of sp³-hybridized carbons (Fsp3) is 1.00. The van der Waals surface area contributed by atoms with Gasteiger partial charge in [-0.1, -0.05) is 19.3 Å². The third-order valence-corrected chi connectivity index (χ3v) is 2.95. The van der Waals surface area contributed by atoms with Gasteiger partial charge in [0.2, 0.25) is 0 Å². The Labute approximate surface area is 93.5 Å². The van der Waals surface area contributed by atoms with Crippen LogP contribution in [0.4, 0.5) is 0 Å². The van der Waals surface area contributed by atoms with E-state index in [1.807, 2.05) is 6.92 Å². The summed E-state index contributed by atoms with van der Waals surface area (Å²) < 4.78 is 10.8. The Kier molecular flexibility index (Phi) is 7.88. The van der Waals surface area contributed by atoms with Crippen molar-refractivity contribution in [3.63, 3.8) is 0 Å². The third kappa shape index (κ3) is 6.88. The lowest BCUT2D eigenvalue weighted by Crippen LogP contribution is -2.24. The molecule has 0 spiro atoms. The first-order chi connectivity index (χ1) is 7.43. The topological polar surface area (TPSA) is 30.5 Å². The van der Waals surface area contributed by atoms with Crippen molar-refractivity contribution in [3.05, 3.63) is 0 Å². The fourth-order valence-electron chi connectivity index (χ4n) is 1.69. The quantitative estimate of drug-likeness (QED) is 0.564. The summed E-state index contributed by atoms with van der Waals surface area (Å²) in [4.78, 5) is 0. The Balaban J connectivity index is 1.66. The molecule has 0 aromatic heterocycles. The van der Waals surface area contributed by atoms with Crippen molar-refractivity contribution in [1.29, 1.82) is 0 Å². The number of hydrogen-bond donors (Lipinski definition) is 1. The number of nitrogens with one attached hydrogen (secondary N) is 1. The monoisotopic (exact) mass is 215 g/mol. The summed E-state index contributed by atoms with van der Waals surface area (Å²) in [6.45, 7) is 7.27. The standard InChI is InChI=1S/C12H25NO2/c1-2-14-10-7-13-8-11-15-9-6-12-4-3-5-12/h12-13H,2-11H2,1H3. The molecule has 15 heavy (non-hydrogen) atoms. The van der Waals surface area contributed by atoms with E-state index in [0.29, 0.717) is 0 Å². The van der Waals surface area contributed by atoms with E-state index in [1.54, 1.807) is 0 Å². The van der Waals surface area contributed by atoms with Crippen molar-refractivity contribution in [2.24, 2.45) is 5.92 Å². The van der Waals surface area contributed by atoms with Gasteiger partial charge in [0.1, 0.15) is 0 Å². The molecule has 1 saturated carbocycles. The number of hydrogen-bond acceptors (Lipinski definition) is 3. The Morgan fingerprint density at radius 2 is 1.80 bits per heavy atom. The average Bonchev–Trinajstić information content (AvgIpc) is 2.18. The predicted octanol–water partition coefficient (Wildman–Crippen LogP) is 1.82. The van der Waals surface area contributed by atoms with E-state index in [9.17, 15) is 0 Å². The summed E-state index contributed by atoms with van der Waals surface area (Å²) >= 11 is 0. The maximum absolute atomic E-state index is 5.54. The maximum Gasteiger partial charge on any atom is 0.0590 e. The molecule has 1 aliphatic rings.